The minimum atomic E-state index is -0.557. The first-order chi connectivity index (χ1) is 7.24. The molecule has 1 unspecified atom stereocenters. The molecule has 1 aromatic rings. The first-order valence-corrected chi connectivity index (χ1v) is 5.36. The largest absolute Gasteiger partial charge is 0.466 e. The number of esters is 1. The average molecular weight is 227 g/mol. The van der Waals surface area contributed by atoms with E-state index in [0.29, 0.717) is 6.54 Å². The van der Waals surface area contributed by atoms with Crippen molar-refractivity contribution in [3.63, 3.8) is 0 Å². The van der Waals surface area contributed by atoms with Gasteiger partial charge in [0.2, 0.25) is 0 Å². The summed E-state index contributed by atoms with van der Waals surface area (Å²) in [6, 6.07) is 1.86. The van der Waals surface area contributed by atoms with Crippen LogP contribution in [-0.2, 0) is 9.53 Å². The van der Waals surface area contributed by atoms with Crippen molar-refractivity contribution in [1.29, 1.82) is 0 Å². The fraction of sp³-hybridized carbons (Fsp3) is 0.300. The summed E-state index contributed by atoms with van der Waals surface area (Å²) in [6.45, 7) is 0.365. The van der Waals surface area contributed by atoms with Crippen LogP contribution in [0.4, 0.5) is 0 Å². The highest BCUT2D eigenvalue weighted by molar-refractivity contribution is 7.07. The van der Waals surface area contributed by atoms with Gasteiger partial charge in [-0.05, 0) is 22.4 Å². The molecule has 4 nitrogen and oxygen atoms in total. The van der Waals surface area contributed by atoms with E-state index in [1.165, 1.54) is 30.7 Å². The van der Waals surface area contributed by atoms with Gasteiger partial charge < -0.3 is 15.2 Å². The molecule has 0 radical (unpaired) electrons. The van der Waals surface area contributed by atoms with Crippen molar-refractivity contribution in [2.45, 2.75) is 6.10 Å². The molecule has 82 valence electrons. The van der Waals surface area contributed by atoms with Gasteiger partial charge in [-0.2, -0.15) is 11.3 Å². The third kappa shape index (κ3) is 4.14. The molecule has 0 aliphatic carbocycles. The molecule has 1 aromatic heterocycles. The van der Waals surface area contributed by atoms with Crippen LogP contribution in [-0.4, -0.2) is 24.7 Å². The number of ether oxygens (including phenoxy) is 1. The molecule has 0 saturated heterocycles. The van der Waals surface area contributed by atoms with Crippen molar-refractivity contribution < 1.29 is 14.6 Å². The zero-order chi connectivity index (χ0) is 11.1. The quantitative estimate of drug-likeness (QED) is 0.583. The van der Waals surface area contributed by atoms with Crippen molar-refractivity contribution in [2.75, 3.05) is 13.7 Å². The molecular weight excluding hydrogens is 214 g/mol. The summed E-state index contributed by atoms with van der Waals surface area (Å²) in [5, 5.41) is 16.2. The SMILES string of the molecule is COC(=O)/C=C/NCC(O)c1ccsc1. The van der Waals surface area contributed by atoms with Crippen LogP contribution in [0.3, 0.4) is 0 Å². The number of rotatable bonds is 5. The van der Waals surface area contributed by atoms with Crippen LogP contribution < -0.4 is 5.32 Å². The van der Waals surface area contributed by atoms with Crippen molar-refractivity contribution in [3.05, 3.63) is 34.7 Å². The van der Waals surface area contributed by atoms with Crippen LogP contribution in [0.15, 0.2) is 29.1 Å². The molecule has 0 bridgehead atoms. The summed E-state index contributed by atoms with van der Waals surface area (Å²) >= 11 is 1.54. The Morgan fingerprint density at radius 3 is 3.20 bits per heavy atom. The third-order valence-corrected chi connectivity index (χ3v) is 2.48. The molecule has 2 N–H and O–H groups in total. The zero-order valence-electron chi connectivity index (χ0n) is 8.34. The van der Waals surface area contributed by atoms with E-state index >= 15 is 0 Å². The van der Waals surface area contributed by atoms with E-state index in [2.05, 4.69) is 10.1 Å². The number of aliphatic hydroxyl groups is 1. The standard InChI is InChI=1S/C10H13NO3S/c1-14-10(13)2-4-11-6-9(12)8-3-5-15-7-8/h2-5,7,9,11-12H,6H2,1H3/b4-2+. The summed E-state index contributed by atoms with van der Waals surface area (Å²) in [5.41, 5.74) is 0.874. The van der Waals surface area contributed by atoms with Gasteiger partial charge in [0, 0.05) is 18.8 Å². The Balaban J connectivity index is 2.26. The Hall–Kier alpha value is -1.33. The molecule has 5 heteroatoms. The predicted molar refractivity (Wildman–Crippen MR) is 58.4 cm³/mol. The first kappa shape index (κ1) is 11.7. The Kier molecular flexibility index (Phi) is 4.86. The highest BCUT2D eigenvalue weighted by Gasteiger charge is 2.05. The fourth-order valence-corrected chi connectivity index (χ4v) is 1.66. The molecule has 15 heavy (non-hydrogen) atoms. The number of hydrogen-bond donors (Lipinski definition) is 2. The Bertz CT molecular complexity index is 321. The van der Waals surface area contributed by atoms with Crippen molar-refractivity contribution in [3.8, 4) is 0 Å². The topological polar surface area (TPSA) is 58.6 Å². The highest BCUT2D eigenvalue weighted by Crippen LogP contribution is 2.14. The normalized spacial score (nSPS) is 12.7. The van der Waals surface area contributed by atoms with Crippen LogP contribution in [0.25, 0.3) is 0 Å². The van der Waals surface area contributed by atoms with Crippen LogP contribution in [0.1, 0.15) is 11.7 Å². The number of methoxy groups -OCH3 is 1. The number of aliphatic hydroxyl groups excluding tert-OH is 1. The third-order valence-electron chi connectivity index (χ3n) is 1.78. The maximum absolute atomic E-state index is 10.7. The number of hydrogen-bond acceptors (Lipinski definition) is 5. The average Bonchev–Trinajstić information content (AvgIpc) is 2.77. The minimum absolute atomic E-state index is 0.365. The molecule has 0 aliphatic heterocycles. The molecule has 0 aromatic carbocycles. The molecule has 0 spiro atoms. The van der Waals surface area contributed by atoms with Gasteiger partial charge in [-0.1, -0.05) is 0 Å². The fourth-order valence-electron chi connectivity index (χ4n) is 0.957. The maximum Gasteiger partial charge on any atom is 0.331 e. The lowest BCUT2D eigenvalue weighted by molar-refractivity contribution is -0.134. The number of thiophene rings is 1. The smallest absolute Gasteiger partial charge is 0.331 e. The van der Waals surface area contributed by atoms with Gasteiger partial charge in [0.1, 0.15) is 0 Å². The van der Waals surface area contributed by atoms with Crippen molar-refractivity contribution in [1.82, 2.24) is 5.32 Å². The summed E-state index contributed by atoms with van der Waals surface area (Å²) < 4.78 is 4.40. The summed E-state index contributed by atoms with van der Waals surface area (Å²) in [6.07, 6.45) is 2.17. The van der Waals surface area contributed by atoms with Crippen LogP contribution in [0.2, 0.25) is 0 Å². The van der Waals surface area contributed by atoms with Gasteiger partial charge in [-0.15, -0.1) is 0 Å². The second kappa shape index (κ2) is 6.21. The Morgan fingerprint density at radius 2 is 2.60 bits per heavy atom. The van der Waals surface area contributed by atoms with E-state index in [0.717, 1.165) is 5.56 Å². The van der Waals surface area contributed by atoms with Gasteiger partial charge in [0.25, 0.3) is 0 Å². The lowest BCUT2D eigenvalue weighted by Crippen LogP contribution is -2.16. The monoisotopic (exact) mass is 227 g/mol. The Labute approximate surface area is 92.2 Å². The van der Waals surface area contributed by atoms with E-state index in [4.69, 9.17) is 0 Å². The van der Waals surface area contributed by atoms with Crippen molar-refractivity contribution in [2.24, 2.45) is 0 Å². The molecule has 0 aliphatic rings. The van der Waals surface area contributed by atoms with Gasteiger partial charge in [-0.25, -0.2) is 4.79 Å². The summed E-state index contributed by atoms with van der Waals surface area (Å²) in [5.74, 6) is -0.424. The molecule has 0 fully saturated rings. The second-order valence-electron chi connectivity index (χ2n) is 2.84. The number of carbonyl (C=O) groups is 1. The van der Waals surface area contributed by atoms with Gasteiger partial charge in [0.05, 0.1) is 13.2 Å². The van der Waals surface area contributed by atoms with Crippen LogP contribution >= 0.6 is 11.3 Å². The van der Waals surface area contributed by atoms with E-state index < -0.39 is 12.1 Å². The predicted octanol–water partition coefficient (Wildman–Crippen LogP) is 1.06. The summed E-state index contributed by atoms with van der Waals surface area (Å²) in [4.78, 5) is 10.7. The van der Waals surface area contributed by atoms with Crippen LogP contribution in [0.5, 0.6) is 0 Å². The second-order valence-corrected chi connectivity index (χ2v) is 3.62. The Morgan fingerprint density at radius 1 is 1.80 bits per heavy atom. The lowest BCUT2D eigenvalue weighted by atomic mass is 10.2. The van der Waals surface area contributed by atoms with Crippen molar-refractivity contribution >= 4 is 17.3 Å². The molecular formula is C10H13NO3S. The van der Waals surface area contributed by atoms with Crippen LogP contribution in [0, 0.1) is 0 Å². The molecule has 0 saturated carbocycles. The lowest BCUT2D eigenvalue weighted by Gasteiger charge is -2.07. The number of nitrogens with one attached hydrogen (secondary N) is 1. The van der Waals surface area contributed by atoms with Gasteiger partial charge in [0.15, 0.2) is 0 Å². The first-order valence-electron chi connectivity index (χ1n) is 4.42. The highest BCUT2D eigenvalue weighted by atomic mass is 32.1. The molecule has 0 amide bonds. The van der Waals surface area contributed by atoms with E-state index in [9.17, 15) is 9.90 Å². The van der Waals surface area contributed by atoms with E-state index in [-0.39, 0.29) is 0 Å². The van der Waals surface area contributed by atoms with E-state index in [1.807, 2.05) is 16.8 Å². The molecule has 1 rings (SSSR count). The van der Waals surface area contributed by atoms with Gasteiger partial charge >= 0.3 is 5.97 Å². The minimum Gasteiger partial charge on any atom is -0.466 e. The number of carbonyl (C=O) groups excluding carboxylic acids is 1. The molecule has 1 heterocycles. The van der Waals surface area contributed by atoms with E-state index in [1.54, 1.807) is 0 Å². The van der Waals surface area contributed by atoms with Gasteiger partial charge in [-0.3, -0.25) is 0 Å². The maximum atomic E-state index is 10.7. The zero-order valence-corrected chi connectivity index (χ0v) is 9.16. The molecule has 1 atom stereocenters. The summed E-state index contributed by atoms with van der Waals surface area (Å²) in [7, 11) is 1.31.